The monoisotopic (exact) mass is 419 g/mol. The van der Waals surface area contributed by atoms with Crippen LogP contribution in [0.2, 0.25) is 0 Å². The first-order valence-corrected chi connectivity index (χ1v) is 8.12. The van der Waals surface area contributed by atoms with Gasteiger partial charge in [-0.05, 0) is 38.7 Å². The van der Waals surface area contributed by atoms with Gasteiger partial charge < -0.3 is 11.1 Å². The average Bonchev–Trinajstić information content (AvgIpc) is 2.76. The molecule has 5 nitrogen and oxygen atoms in total. The largest absolute Gasteiger partial charge is 0.370 e. The third-order valence-electron chi connectivity index (χ3n) is 4.12. The van der Waals surface area contributed by atoms with E-state index in [4.69, 9.17) is 5.73 Å². The molecular formula is C16H30IN5. The van der Waals surface area contributed by atoms with Crippen molar-refractivity contribution < 1.29 is 0 Å². The molecule has 0 bridgehead atoms. The highest BCUT2D eigenvalue weighted by molar-refractivity contribution is 14.0. The Morgan fingerprint density at radius 3 is 2.68 bits per heavy atom. The second-order valence-electron chi connectivity index (χ2n) is 6.42. The average molecular weight is 419 g/mol. The van der Waals surface area contributed by atoms with Gasteiger partial charge in [0.25, 0.3) is 0 Å². The number of nitrogens with zero attached hydrogens (tertiary/aromatic N) is 3. The van der Waals surface area contributed by atoms with Crippen molar-refractivity contribution in [3.63, 3.8) is 0 Å². The highest BCUT2D eigenvalue weighted by Gasteiger charge is 2.13. The van der Waals surface area contributed by atoms with Crippen LogP contribution in [0.25, 0.3) is 0 Å². The minimum atomic E-state index is 0. The van der Waals surface area contributed by atoms with Crippen LogP contribution in [-0.4, -0.2) is 28.3 Å². The van der Waals surface area contributed by atoms with Crippen molar-refractivity contribution in [1.82, 2.24) is 15.1 Å². The molecule has 0 spiro atoms. The molecule has 0 aromatic carbocycles. The number of guanidine groups is 1. The number of halogens is 1. The Balaban J connectivity index is 0.00000242. The fraction of sp³-hybridized carbons (Fsp3) is 0.750. The summed E-state index contributed by atoms with van der Waals surface area (Å²) in [5, 5.41) is 7.85. The molecule has 1 aromatic rings. The quantitative estimate of drug-likeness (QED) is 0.438. The van der Waals surface area contributed by atoms with Gasteiger partial charge in [-0.1, -0.05) is 26.2 Å². The predicted octanol–water partition coefficient (Wildman–Crippen LogP) is 2.99. The molecule has 1 heterocycles. The second-order valence-corrected chi connectivity index (χ2v) is 6.42. The Bertz CT molecular complexity index is 477. The van der Waals surface area contributed by atoms with Gasteiger partial charge in [-0.15, -0.1) is 24.0 Å². The molecule has 1 aliphatic rings. The first kappa shape index (κ1) is 19.3. The van der Waals surface area contributed by atoms with Crippen LogP contribution >= 0.6 is 24.0 Å². The highest BCUT2D eigenvalue weighted by atomic mass is 127. The summed E-state index contributed by atoms with van der Waals surface area (Å²) in [6.07, 6.45) is 6.41. The number of aromatic nitrogens is 2. The second kappa shape index (κ2) is 9.37. The Morgan fingerprint density at radius 1 is 1.41 bits per heavy atom. The maximum atomic E-state index is 6.00. The molecule has 0 aliphatic heterocycles. The number of nitrogens with two attached hydrogens (primary N) is 1. The fourth-order valence-corrected chi connectivity index (χ4v) is 2.97. The van der Waals surface area contributed by atoms with E-state index in [0.29, 0.717) is 17.9 Å². The number of hydrogen-bond donors (Lipinski definition) is 2. The Labute approximate surface area is 151 Å². The van der Waals surface area contributed by atoms with E-state index in [0.717, 1.165) is 18.8 Å². The normalized spacial score (nSPS) is 17.9. The summed E-state index contributed by atoms with van der Waals surface area (Å²) in [7, 11) is 0. The molecule has 126 valence electrons. The number of nitrogens with one attached hydrogen (secondary N) is 1. The van der Waals surface area contributed by atoms with Gasteiger partial charge in [0.15, 0.2) is 5.96 Å². The van der Waals surface area contributed by atoms with Gasteiger partial charge in [0.1, 0.15) is 0 Å². The molecule has 1 atom stereocenters. The Kier molecular flexibility index (Phi) is 8.20. The topological polar surface area (TPSA) is 68.2 Å². The fourth-order valence-electron chi connectivity index (χ4n) is 2.97. The highest BCUT2D eigenvalue weighted by Crippen LogP contribution is 2.17. The minimum absolute atomic E-state index is 0. The molecule has 1 aromatic heterocycles. The van der Waals surface area contributed by atoms with E-state index in [1.54, 1.807) is 0 Å². The smallest absolute Gasteiger partial charge is 0.188 e. The van der Waals surface area contributed by atoms with Crippen LogP contribution in [0.3, 0.4) is 0 Å². The van der Waals surface area contributed by atoms with Crippen LogP contribution < -0.4 is 11.1 Å². The maximum absolute atomic E-state index is 6.00. The zero-order valence-corrected chi connectivity index (χ0v) is 16.3. The standard InChI is InChI=1S/C16H29N5.HI/c1-12(11-21-14(3)9-13(2)20-21)10-18-16(17)19-15-7-5-4-6-8-15;/h9,12,15H,4-8,10-11H2,1-3H3,(H3,17,18,19);1H. The lowest BCUT2D eigenvalue weighted by molar-refractivity contribution is 0.410. The molecule has 1 saturated carbocycles. The summed E-state index contributed by atoms with van der Waals surface area (Å²) < 4.78 is 2.06. The van der Waals surface area contributed by atoms with E-state index in [1.165, 1.54) is 37.8 Å². The van der Waals surface area contributed by atoms with Crippen molar-refractivity contribution in [3.8, 4) is 0 Å². The van der Waals surface area contributed by atoms with E-state index < -0.39 is 0 Å². The van der Waals surface area contributed by atoms with E-state index in [1.807, 2.05) is 6.92 Å². The number of hydrogen-bond acceptors (Lipinski definition) is 2. The zero-order chi connectivity index (χ0) is 15.2. The molecule has 3 N–H and O–H groups in total. The number of aryl methyl sites for hydroxylation is 2. The molecule has 6 heteroatoms. The Morgan fingerprint density at radius 2 is 2.09 bits per heavy atom. The molecular weight excluding hydrogens is 389 g/mol. The summed E-state index contributed by atoms with van der Waals surface area (Å²) in [4.78, 5) is 4.49. The van der Waals surface area contributed by atoms with Gasteiger partial charge in [0.05, 0.1) is 5.69 Å². The van der Waals surface area contributed by atoms with Gasteiger partial charge >= 0.3 is 0 Å². The van der Waals surface area contributed by atoms with Gasteiger partial charge in [-0.25, -0.2) is 0 Å². The van der Waals surface area contributed by atoms with E-state index in [-0.39, 0.29) is 24.0 Å². The lowest BCUT2D eigenvalue weighted by atomic mass is 9.96. The van der Waals surface area contributed by atoms with Crippen LogP contribution in [0, 0.1) is 19.8 Å². The van der Waals surface area contributed by atoms with E-state index >= 15 is 0 Å². The van der Waals surface area contributed by atoms with E-state index in [2.05, 4.69) is 40.0 Å². The van der Waals surface area contributed by atoms with Gasteiger partial charge in [-0.3, -0.25) is 9.67 Å². The van der Waals surface area contributed by atoms with Crippen molar-refractivity contribution in [2.75, 3.05) is 6.54 Å². The molecule has 0 radical (unpaired) electrons. The van der Waals surface area contributed by atoms with Crippen molar-refractivity contribution in [1.29, 1.82) is 0 Å². The molecule has 22 heavy (non-hydrogen) atoms. The summed E-state index contributed by atoms with van der Waals surface area (Å²) in [6, 6.07) is 2.63. The molecule has 1 unspecified atom stereocenters. The molecule has 0 saturated heterocycles. The summed E-state index contributed by atoms with van der Waals surface area (Å²) >= 11 is 0. The van der Waals surface area contributed by atoms with Crippen LogP contribution in [0.15, 0.2) is 11.1 Å². The predicted molar refractivity (Wildman–Crippen MR) is 103 cm³/mol. The first-order chi connectivity index (χ1) is 10.0. The summed E-state index contributed by atoms with van der Waals surface area (Å²) in [5.74, 6) is 1.02. The van der Waals surface area contributed by atoms with Crippen LogP contribution in [0.5, 0.6) is 0 Å². The zero-order valence-electron chi connectivity index (χ0n) is 14.0. The summed E-state index contributed by atoms with van der Waals surface area (Å²) in [5.41, 5.74) is 8.27. The van der Waals surface area contributed by atoms with Gasteiger partial charge in [-0.2, -0.15) is 5.10 Å². The van der Waals surface area contributed by atoms with Crippen molar-refractivity contribution in [2.45, 2.75) is 65.5 Å². The molecule has 1 fully saturated rings. The van der Waals surface area contributed by atoms with Crippen molar-refractivity contribution in [2.24, 2.45) is 16.6 Å². The third kappa shape index (κ3) is 6.14. The molecule has 2 rings (SSSR count). The van der Waals surface area contributed by atoms with Crippen molar-refractivity contribution in [3.05, 3.63) is 17.5 Å². The van der Waals surface area contributed by atoms with Crippen molar-refractivity contribution >= 4 is 29.9 Å². The SMILES string of the molecule is Cc1cc(C)n(CC(C)CN=C(N)NC2CCCCC2)n1.I. The van der Waals surface area contributed by atoms with Gasteiger partial charge in [0.2, 0.25) is 0 Å². The van der Waals surface area contributed by atoms with E-state index in [9.17, 15) is 0 Å². The lowest BCUT2D eigenvalue weighted by Crippen LogP contribution is -2.41. The maximum Gasteiger partial charge on any atom is 0.188 e. The first-order valence-electron chi connectivity index (χ1n) is 8.12. The molecule has 0 amide bonds. The van der Waals surface area contributed by atoms with Crippen LogP contribution in [-0.2, 0) is 6.54 Å². The molecule has 1 aliphatic carbocycles. The Hall–Kier alpha value is -0.790. The minimum Gasteiger partial charge on any atom is -0.370 e. The lowest BCUT2D eigenvalue weighted by Gasteiger charge is -2.23. The number of aliphatic imine (C=N–C) groups is 1. The summed E-state index contributed by atoms with van der Waals surface area (Å²) in [6.45, 7) is 7.94. The van der Waals surface area contributed by atoms with Gasteiger partial charge in [0, 0.05) is 24.8 Å². The number of rotatable bonds is 5. The third-order valence-corrected chi connectivity index (χ3v) is 4.12. The van der Waals surface area contributed by atoms with Crippen LogP contribution in [0.1, 0.15) is 50.4 Å². The van der Waals surface area contributed by atoms with Crippen LogP contribution in [0.4, 0.5) is 0 Å².